The van der Waals surface area contributed by atoms with Crippen LogP contribution in [0.3, 0.4) is 0 Å². The monoisotopic (exact) mass is 478 g/mol. The highest BCUT2D eigenvalue weighted by Crippen LogP contribution is 2.34. The second-order valence-electron chi connectivity index (χ2n) is 8.07. The molecule has 0 unspecified atom stereocenters. The molecule has 1 aromatic carbocycles. The van der Waals surface area contributed by atoms with Crippen molar-refractivity contribution in [3.63, 3.8) is 0 Å². The Morgan fingerprint density at radius 3 is 1.88 bits per heavy atom. The summed E-state index contributed by atoms with van der Waals surface area (Å²) in [7, 11) is 0. The summed E-state index contributed by atoms with van der Waals surface area (Å²) in [5.41, 5.74) is 11.1. The summed E-state index contributed by atoms with van der Waals surface area (Å²) < 4.78 is 1.06. The fraction of sp³-hybridized carbons (Fsp3) is 0.0370. The van der Waals surface area contributed by atoms with Crippen LogP contribution in [-0.2, 0) is 0 Å². The van der Waals surface area contributed by atoms with Gasteiger partial charge in [0.05, 0.1) is 22.8 Å². The Labute approximate surface area is 193 Å². The molecule has 4 nitrogen and oxygen atoms in total. The predicted octanol–water partition coefficient (Wildman–Crippen LogP) is 7.15. The Bertz CT molecular complexity index is 1600. The molecule has 154 valence electrons. The smallest absolute Gasteiger partial charge is 0.0737 e. The number of benzene rings is 1. The van der Waals surface area contributed by atoms with Gasteiger partial charge in [0.25, 0.3) is 0 Å². The summed E-state index contributed by atoms with van der Waals surface area (Å²) in [5.74, 6) is 0. The Morgan fingerprint density at radius 2 is 1.25 bits per heavy atom. The predicted molar refractivity (Wildman–Crippen MR) is 136 cm³/mol. The topological polar surface area (TPSA) is 57.4 Å². The molecule has 2 N–H and O–H groups in total. The van der Waals surface area contributed by atoms with Gasteiger partial charge in [-0.3, -0.25) is 0 Å². The third-order valence-corrected chi connectivity index (χ3v) is 6.24. The quantitative estimate of drug-likeness (QED) is 0.263. The van der Waals surface area contributed by atoms with Crippen molar-refractivity contribution in [2.24, 2.45) is 0 Å². The molecular formula is C27H19BrN4. The van der Waals surface area contributed by atoms with Gasteiger partial charge in [0.1, 0.15) is 0 Å². The van der Waals surface area contributed by atoms with E-state index in [1.807, 2.05) is 18.2 Å². The van der Waals surface area contributed by atoms with E-state index in [1.54, 1.807) is 0 Å². The highest BCUT2D eigenvalue weighted by Gasteiger charge is 2.15. The van der Waals surface area contributed by atoms with Gasteiger partial charge in [-0.15, -0.1) is 0 Å². The number of halogens is 1. The van der Waals surface area contributed by atoms with E-state index in [4.69, 9.17) is 9.97 Å². The zero-order valence-corrected chi connectivity index (χ0v) is 18.9. The number of aryl methyl sites for hydroxylation is 1. The van der Waals surface area contributed by atoms with Crippen LogP contribution >= 0.6 is 15.9 Å². The molecule has 32 heavy (non-hydrogen) atoms. The molecule has 0 fully saturated rings. The largest absolute Gasteiger partial charge is 0.355 e. The van der Waals surface area contributed by atoms with Crippen LogP contribution in [0.15, 0.2) is 71.2 Å². The molecule has 0 radical (unpaired) electrons. The van der Waals surface area contributed by atoms with E-state index in [0.717, 1.165) is 60.5 Å². The summed E-state index contributed by atoms with van der Waals surface area (Å²) in [6.45, 7) is 2.10. The number of aromatic amines is 2. The van der Waals surface area contributed by atoms with Gasteiger partial charge in [-0.2, -0.15) is 0 Å². The number of hydrogen-bond acceptors (Lipinski definition) is 2. The van der Waals surface area contributed by atoms with Gasteiger partial charge in [0, 0.05) is 32.1 Å². The molecule has 0 spiro atoms. The van der Waals surface area contributed by atoms with Crippen LogP contribution in [-0.4, -0.2) is 19.9 Å². The van der Waals surface area contributed by atoms with Crippen molar-refractivity contribution >= 4 is 61.8 Å². The molecule has 0 saturated carbocycles. The van der Waals surface area contributed by atoms with Gasteiger partial charge in [0.2, 0.25) is 0 Å². The number of nitrogens with zero attached hydrogens (tertiary/aromatic N) is 2. The lowest BCUT2D eigenvalue weighted by Gasteiger charge is -2.06. The molecule has 8 bridgehead atoms. The lowest BCUT2D eigenvalue weighted by Crippen LogP contribution is -1.88. The fourth-order valence-corrected chi connectivity index (χ4v) is 4.77. The molecule has 0 saturated heterocycles. The van der Waals surface area contributed by atoms with Crippen LogP contribution < -0.4 is 0 Å². The average Bonchev–Trinajstić information content (AvgIpc) is 3.53. The second-order valence-corrected chi connectivity index (χ2v) is 8.93. The molecule has 2 aliphatic heterocycles. The molecule has 4 aromatic rings. The van der Waals surface area contributed by atoms with Gasteiger partial charge in [-0.25, -0.2) is 9.97 Å². The molecule has 0 amide bonds. The SMILES string of the molecule is Cc1ccc(C2=Cc3cc4ccc(cc5nc(cc6ccc(cc2n3)[nH]6)C=C5)[nH]4)c(Br)c1. The Morgan fingerprint density at radius 1 is 0.656 bits per heavy atom. The van der Waals surface area contributed by atoms with Crippen molar-refractivity contribution < 1.29 is 0 Å². The highest BCUT2D eigenvalue weighted by molar-refractivity contribution is 9.10. The Balaban J connectivity index is 1.64. The third kappa shape index (κ3) is 3.61. The number of aromatic nitrogens is 4. The van der Waals surface area contributed by atoms with Crippen molar-refractivity contribution in [3.05, 3.63) is 105 Å². The van der Waals surface area contributed by atoms with Crippen LogP contribution in [0.5, 0.6) is 0 Å². The number of rotatable bonds is 1. The second kappa shape index (κ2) is 7.46. The minimum Gasteiger partial charge on any atom is -0.355 e. The first kappa shape index (κ1) is 19.0. The van der Waals surface area contributed by atoms with Crippen molar-refractivity contribution in [1.82, 2.24) is 19.9 Å². The normalized spacial score (nSPS) is 12.8. The van der Waals surface area contributed by atoms with Crippen LogP contribution in [0.2, 0.25) is 0 Å². The van der Waals surface area contributed by atoms with Crippen LogP contribution in [0.1, 0.15) is 33.9 Å². The highest BCUT2D eigenvalue weighted by atomic mass is 79.9. The minimum absolute atomic E-state index is 0.909. The van der Waals surface area contributed by atoms with E-state index in [9.17, 15) is 0 Å². The summed E-state index contributed by atoms with van der Waals surface area (Å²) in [6.07, 6.45) is 6.20. The lowest BCUT2D eigenvalue weighted by molar-refractivity contribution is 1.30. The third-order valence-electron chi connectivity index (χ3n) is 5.58. The van der Waals surface area contributed by atoms with Crippen LogP contribution in [0, 0.1) is 6.92 Å². The van der Waals surface area contributed by atoms with Crippen molar-refractivity contribution in [1.29, 1.82) is 0 Å². The summed E-state index contributed by atoms with van der Waals surface area (Å²) in [4.78, 5) is 16.6. The van der Waals surface area contributed by atoms with E-state index in [0.29, 0.717) is 0 Å². The molecule has 5 heteroatoms. The number of H-pyrrole nitrogens is 2. The van der Waals surface area contributed by atoms with E-state index in [1.165, 1.54) is 5.56 Å². The molecule has 0 aliphatic carbocycles. The summed E-state index contributed by atoms with van der Waals surface area (Å²) in [6, 6.07) is 23.0. The Hall–Kier alpha value is -3.70. The van der Waals surface area contributed by atoms with Gasteiger partial charge in [0.15, 0.2) is 0 Å². The minimum atomic E-state index is 0.909. The van der Waals surface area contributed by atoms with Gasteiger partial charge in [-0.05, 0) is 90.9 Å². The summed E-state index contributed by atoms with van der Waals surface area (Å²) in [5, 5.41) is 0. The molecule has 2 aliphatic rings. The van der Waals surface area contributed by atoms with Crippen LogP contribution in [0.4, 0.5) is 0 Å². The van der Waals surface area contributed by atoms with E-state index in [-0.39, 0.29) is 0 Å². The molecule has 0 atom stereocenters. The first-order valence-electron chi connectivity index (χ1n) is 10.4. The molecule has 5 heterocycles. The zero-order chi connectivity index (χ0) is 21.7. The first-order chi connectivity index (χ1) is 15.6. The maximum absolute atomic E-state index is 4.95. The molecule has 6 rings (SSSR count). The van der Waals surface area contributed by atoms with E-state index >= 15 is 0 Å². The number of fused-ring (bicyclic) bond motifs is 8. The Kier molecular flexibility index (Phi) is 4.44. The van der Waals surface area contributed by atoms with Gasteiger partial charge >= 0.3 is 0 Å². The fourth-order valence-electron chi connectivity index (χ4n) is 4.07. The zero-order valence-electron chi connectivity index (χ0n) is 17.4. The van der Waals surface area contributed by atoms with Crippen LogP contribution in [0.25, 0.3) is 45.9 Å². The standard InChI is InChI=1S/C27H19BrN4/c1-16-2-9-24(26(28)10-16)25-14-23-13-21-6-5-19(30-21)11-17-3-4-18(29-17)12-20-7-8-22(31-20)15-27(25)32-23/h2-15,30-31H,1H3. The maximum atomic E-state index is 4.95. The summed E-state index contributed by atoms with van der Waals surface area (Å²) >= 11 is 3.75. The van der Waals surface area contributed by atoms with Gasteiger partial charge in [-0.1, -0.05) is 28.1 Å². The van der Waals surface area contributed by atoms with Gasteiger partial charge < -0.3 is 9.97 Å². The number of nitrogens with one attached hydrogen (secondary N) is 2. The molecule has 3 aromatic heterocycles. The molecular weight excluding hydrogens is 460 g/mol. The van der Waals surface area contributed by atoms with E-state index in [2.05, 4.69) is 99.6 Å². The lowest BCUT2D eigenvalue weighted by atomic mass is 10.0. The maximum Gasteiger partial charge on any atom is 0.0737 e. The van der Waals surface area contributed by atoms with Crippen molar-refractivity contribution in [2.75, 3.05) is 0 Å². The van der Waals surface area contributed by atoms with Crippen molar-refractivity contribution in [3.8, 4) is 0 Å². The number of hydrogen-bond donors (Lipinski definition) is 2. The average molecular weight is 479 g/mol. The first-order valence-corrected chi connectivity index (χ1v) is 11.2. The van der Waals surface area contributed by atoms with E-state index < -0.39 is 0 Å². The van der Waals surface area contributed by atoms with Crippen molar-refractivity contribution in [2.45, 2.75) is 6.92 Å².